The zero-order valence-corrected chi connectivity index (χ0v) is 14.8. The minimum Gasteiger partial charge on any atom is -0.305 e. The molecule has 128 valence electrons. The summed E-state index contributed by atoms with van der Waals surface area (Å²) in [5.74, 6) is 0.000375. The van der Waals surface area contributed by atoms with Crippen molar-refractivity contribution in [3.63, 3.8) is 0 Å². The van der Waals surface area contributed by atoms with E-state index in [0.29, 0.717) is 12.0 Å². The van der Waals surface area contributed by atoms with Crippen molar-refractivity contribution in [2.24, 2.45) is 5.92 Å². The van der Waals surface area contributed by atoms with Gasteiger partial charge in [0.05, 0.1) is 6.04 Å². The van der Waals surface area contributed by atoms with Gasteiger partial charge in [0.2, 0.25) is 0 Å². The Morgan fingerprint density at radius 1 is 1.00 bits per heavy atom. The fourth-order valence-corrected chi connectivity index (χ4v) is 2.80. The predicted octanol–water partition coefficient (Wildman–Crippen LogP) is 4.63. The minimum absolute atomic E-state index is 0.000983. The number of Topliss-reactive ketones (excluding diaryl/α,β-unsaturated/α-hetero) is 1. The third-order valence-electron chi connectivity index (χ3n) is 4.03. The third kappa shape index (κ3) is 4.75. The summed E-state index contributed by atoms with van der Waals surface area (Å²) in [5.41, 5.74) is 2.52. The number of rotatable bonds is 7. The van der Waals surface area contributed by atoms with E-state index in [-0.39, 0.29) is 29.6 Å². The lowest BCUT2D eigenvalue weighted by Crippen LogP contribution is -2.44. The van der Waals surface area contributed by atoms with Crippen molar-refractivity contribution < 1.29 is 9.18 Å². The summed E-state index contributed by atoms with van der Waals surface area (Å²) in [6.45, 7) is 7.95. The van der Waals surface area contributed by atoms with Gasteiger partial charge in [-0.25, -0.2) is 4.39 Å². The Morgan fingerprint density at radius 2 is 1.62 bits per heavy atom. The van der Waals surface area contributed by atoms with E-state index >= 15 is 0 Å². The van der Waals surface area contributed by atoms with Crippen molar-refractivity contribution in [3.8, 4) is 11.1 Å². The molecule has 2 nitrogen and oxygen atoms in total. The van der Waals surface area contributed by atoms with Gasteiger partial charge >= 0.3 is 0 Å². The molecule has 1 N–H and O–H groups in total. The van der Waals surface area contributed by atoms with E-state index in [1.807, 2.05) is 58.0 Å². The molecule has 0 aromatic heterocycles. The number of carbonyl (C=O) groups is 1. The van der Waals surface area contributed by atoms with Crippen LogP contribution in [0.1, 0.15) is 33.3 Å². The molecular weight excluding hydrogens is 301 g/mol. The fourth-order valence-electron chi connectivity index (χ4n) is 2.80. The second-order valence-corrected chi connectivity index (χ2v) is 6.81. The predicted molar refractivity (Wildman–Crippen MR) is 97.4 cm³/mol. The Kier molecular flexibility index (Phi) is 6.27. The molecule has 0 spiro atoms. The van der Waals surface area contributed by atoms with Crippen molar-refractivity contribution >= 4 is 5.78 Å². The molecule has 0 saturated heterocycles. The number of halogens is 1. The first-order valence-corrected chi connectivity index (χ1v) is 8.52. The summed E-state index contributed by atoms with van der Waals surface area (Å²) in [6.07, 6.45) is 0.646. The maximum atomic E-state index is 13.9. The SMILES string of the molecule is CC(C)NC(Cc1ccc(-c2ccccc2F)cc1)C(=O)C(C)C. The van der Waals surface area contributed by atoms with Crippen LogP contribution in [0, 0.1) is 11.7 Å². The average molecular weight is 327 g/mol. The second-order valence-electron chi connectivity index (χ2n) is 6.81. The highest BCUT2D eigenvalue weighted by molar-refractivity contribution is 5.86. The summed E-state index contributed by atoms with van der Waals surface area (Å²) in [6, 6.07) is 14.6. The second kappa shape index (κ2) is 8.20. The normalized spacial score (nSPS) is 12.6. The molecule has 0 radical (unpaired) electrons. The molecule has 2 aromatic rings. The van der Waals surface area contributed by atoms with E-state index in [9.17, 15) is 9.18 Å². The Morgan fingerprint density at radius 3 is 2.17 bits per heavy atom. The maximum Gasteiger partial charge on any atom is 0.152 e. The van der Waals surface area contributed by atoms with Crippen molar-refractivity contribution in [3.05, 3.63) is 59.9 Å². The zero-order valence-electron chi connectivity index (χ0n) is 14.8. The van der Waals surface area contributed by atoms with Gasteiger partial charge in [-0.1, -0.05) is 70.2 Å². The highest BCUT2D eigenvalue weighted by Crippen LogP contribution is 2.23. The highest BCUT2D eigenvalue weighted by Gasteiger charge is 2.22. The lowest BCUT2D eigenvalue weighted by molar-refractivity contribution is -0.124. The molecule has 24 heavy (non-hydrogen) atoms. The first-order chi connectivity index (χ1) is 11.4. The summed E-state index contributed by atoms with van der Waals surface area (Å²) in [5, 5.41) is 3.36. The largest absolute Gasteiger partial charge is 0.305 e. The molecule has 0 aliphatic rings. The lowest BCUT2D eigenvalue weighted by atomic mass is 9.94. The average Bonchev–Trinajstić information content (AvgIpc) is 2.54. The minimum atomic E-state index is -0.223. The van der Waals surface area contributed by atoms with Gasteiger partial charge in [-0.15, -0.1) is 0 Å². The summed E-state index contributed by atoms with van der Waals surface area (Å²) in [4.78, 5) is 12.4. The van der Waals surface area contributed by atoms with Crippen molar-refractivity contribution in [2.75, 3.05) is 0 Å². The maximum absolute atomic E-state index is 13.9. The topological polar surface area (TPSA) is 29.1 Å². The van der Waals surface area contributed by atoms with E-state index in [1.165, 1.54) is 6.07 Å². The highest BCUT2D eigenvalue weighted by atomic mass is 19.1. The van der Waals surface area contributed by atoms with Crippen LogP contribution in [-0.2, 0) is 11.2 Å². The van der Waals surface area contributed by atoms with Gasteiger partial charge in [0.1, 0.15) is 5.82 Å². The summed E-state index contributed by atoms with van der Waals surface area (Å²) < 4.78 is 13.9. The number of benzene rings is 2. The molecular formula is C21H26FNO. The summed E-state index contributed by atoms with van der Waals surface area (Å²) >= 11 is 0. The number of ketones is 1. The van der Waals surface area contributed by atoms with Crippen LogP contribution in [0.3, 0.4) is 0 Å². The van der Waals surface area contributed by atoms with E-state index in [0.717, 1.165) is 11.1 Å². The molecule has 2 aromatic carbocycles. The number of hydrogen-bond acceptors (Lipinski definition) is 2. The lowest BCUT2D eigenvalue weighted by Gasteiger charge is -2.22. The van der Waals surface area contributed by atoms with Crippen LogP contribution in [0.5, 0.6) is 0 Å². The fraction of sp³-hybridized carbons (Fsp3) is 0.381. The van der Waals surface area contributed by atoms with E-state index in [1.54, 1.807) is 12.1 Å². The number of carbonyl (C=O) groups excluding carboxylic acids is 1. The number of nitrogens with one attached hydrogen (secondary N) is 1. The molecule has 0 fully saturated rings. The molecule has 0 aliphatic heterocycles. The van der Waals surface area contributed by atoms with Gasteiger partial charge in [-0.3, -0.25) is 4.79 Å². The quantitative estimate of drug-likeness (QED) is 0.803. The Labute approximate surface area is 144 Å². The van der Waals surface area contributed by atoms with Crippen molar-refractivity contribution in [1.29, 1.82) is 0 Å². The molecule has 0 saturated carbocycles. The number of hydrogen-bond donors (Lipinski definition) is 1. The van der Waals surface area contributed by atoms with Gasteiger partial charge in [0.25, 0.3) is 0 Å². The Balaban J connectivity index is 2.17. The van der Waals surface area contributed by atoms with Crippen LogP contribution in [0.15, 0.2) is 48.5 Å². The Hall–Kier alpha value is -2.00. The van der Waals surface area contributed by atoms with Gasteiger partial charge in [0.15, 0.2) is 5.78 Å². The van der Waals surface area contributed by atoms with Gasteiger partial charge < -0.3 is 5.32 Å². The molecule has 0 bridgehead atoms. The molecule has 1 unspecified atom stereocenters. The molecule has 2 rings (SSSR count). The first-order valence-electron chi connectivity index (χ1n) is 8.52. The molecule has 0 amide bonds. The van der Waals surface area contributed by atoms with Crippen LogP contribution in [0.4, 0.5) is 4.39 Å². The summed E-state index contributed by atoms with van der Waals surface area (Å²) in [7, 11) is 0. The molecule has 3 heteroatoms. The molecule has 0 aliphatic carbocycles. The standard InChI is InChI=1S/C21H26FNO/c1-14(2)21(24)20(23-15(3)4)13-16-9-11-17(12-10-16)18-7-5-6-8-19(18)22/h5-12,14-15,20,23H,13H2,1-4H3. The molecule has 0 heterocycles. The van der Waals surface area contributed by atoms with E-state index < -0.39 is 0 Å². The smallest absolute Gasteiger partial charge is 0.152 e. The zero-order chi connectivity index (χ0) is 17.7. The van der Waals surface area contributed by atoms with Crippen LogP contribution in [0.2, 0.25) is 0 Å². The third-order valence-corrected chi connectivity index (χ3v) is 4.03. The van der Waals surface area contributed by atoms with Crippen molar-refractivity contribution in [1.82, 2.24) is 5.32 Å². The molecule has 1 atom stereocenters. The van der Waals surface area contributed by atoms with Crippen LogP contribution < -0.4 is 5.32 Å². The van der Waals surface area contributed by atoms with Gasteiger partial charge in [0, 0.05) is 17.5 Å². The van der Waals surface area contributed by atoms with Crippen LogP contribution in [-0.4, -0.2) is 17.9 Å². The van der Waals surface area contributed by atoms with E-state index in [4.69, 9.17) is 0 Å². The monoisotopic (exact) mass is 327 g/mol. The van der Waals surface area contributed by atoms with Gasteiger partial charge in [-0.2, -0.15) is 0 Å². The van der Waals surface area contributed by atoms with Gasteiger partial charge in [-0.05, 0) is 23.6 Å². The first kappa shape index (κ1) is 18.3. The van der Waals surface area contributed by atoms with Crippen molar-refractivity contribution in [2.45, 2.75) is 46.2 Å². The Bertz CT molecular complexity index is 676. The van der Waals surface area contributed by atoms with Crippen LogP contribution in [0.25, 0.3) is 11.1 Å². The van der Waals surface area contributed by atoms with E-state index in [2.05, 4.69) is 5.32 Å². The van der Waals surface area contributed by atoms with Crippen LogP contribution >= 0.6 is 0 Å².